The Morgan fingerprint density at radius 3 is 2.60 bits per heavy atom. The van der Waals surface area contributed by atoms with E-state index >= 15 is 0 Å². The van der Waals surface area contributed by atoms with Crippen molar-refractivity contribution in [3.63, 3.8) is 0 Å². The van der Waals surface area contributed by atoms with Gasteiger partial charge in [-0.15, -0.1) is 0 Å². The van der Waals surface area contributed by atoms with E-state index in [1.165, 1.54) is 18.2 Å². The standard InChI is InChI=1S/C8H4BrF2IO3/c9-4-1-2-6(5(12)3-4)15-8(10,11)7(13)14/h1-3H,(H,13,14). The molecule has 0 radical (unpaired) electrons. The Morgan fingerprint density at radius 1 is 1.53 bits per heavy atom. The van der Waals surface area contributed by atoms with E-state index in [0.717, 1.165) is 0 Å². The van der Waals surface area contributed by atoms with Gasteiger partial charge >= 0.3 is 12.1 Å². The van der Waals surface area contributed by atoms with Gasteiger partial charge < -0.3 is 9.84 Å². The van der Waals surface area contributed by atoms with Gasteiger partial charge in [0, 0.05) is 4.47 Å². The van der Waals surface area contributed by atoms with E-state index in [0.29, 0.717) is 8.04 Å². The number of rotatable bonds is 3. The summed E-state index contributed by atoms with van der Waals surface area (Å²) in [4.78, 5) is 10.1. The van der Waals surface area contributed by atoms with E-state index < -0.39 is 12.1 Å². The number of halogens is 4. The van der Waals surface area contributed by atoms with Gasteiger partial charge in [-0.25, -0.2) is 4.79 Å². The second kappa shape index (κ2) is 4.60. The molecule has 0 aliphatic carbocycles. The van der Waals surface area contributed by atoms with E-state index in [-0.39, 0.29) is 5.75 Å². The zero-order valence-corrected chi connectivity index (χ0v) is 10.8. The van der Waals surface area contributed by atoms with Gasteiger partial charge in [-0.3, -0.25) is 0 Å². The van der Waals surface area contributed by atoms with Crippen molar-refractivity contribution in [2.45, 2.75) is 6.11 Å². The van der Waals surface area contributed by atoms with Gasteiger partial charge in [0.05, 0.1) is 3.57 Å². The van der Waals surface area contributed by atoms with Crippen LogP contribution in [0.3, 0.4) is 0 Å². The van der Waals surface area contributed by atoms with Crippen LogP contribution in [-0.4, -0.2) is 17.2 Å². The van der Waals surface area contributed by atoms with E-state index in [4.69, 9.17) is 5.11 Å². The number of ether oxygens (including phenoxy) is 1. The highest BCUT2D eigenvalue weighted by molar-refractivity contribution is 14.1. The summed E-state index contributed by atoms with van der Waals surface area (Å²) in [6.45, 7) is 0. The predicted octanol–water partition coefficient (Wildman–Crippen LogP) is 3.11. The molecule has 0 amide bonds. The van der Waals surface area contributed by atoms with Crippen LogP contribution in [0.15, 0.2) is 22.7 Å². The van der Waals surface area contributed by atoms with Crippen molar-refractivity contribution in [1.82, 2.24) is 0 Å². The smallest absolute Gasteiger partial charge is 0.474 e. The van der Waals surface area contributed by atoms with Crippen molar-refractivity contribution < 1.29 is 23.4 Å². The number of carbonyl (C=O) groups is 1. The van der Waals surface area contributed by atoms with Crippen LogP contribution in [0.2, 0.25) is 0 Å². The lowest BCUT2D eigenvalue weighted by Crippen LogP contribution is -2.35. The van der Waals surface area contributed by atoms with Gasteiger partial charge in [0.15, 0.2) is 0 Å². The van der Waals surface area contributed by atoms with Crippen LogP contribution in [0.5, 0.6) is 5.75 Å². The fraction of sp³-hybridized carbons (Fsp3) is 0.125. The average Bonchev–Trinajstić information content (AvgIpc) is 2.09. The maximum Gasteiger partial charge on any atom is 0.501 e. The molecule has 0 spiro atoms. The topological polar surface area (TPSA) is 46.5 Å². The summed E-state index contributed by atoms with van der Waals surface area (Å²) >= 11 is 4.91. The van der Waals surface area contributed by atoms with Gasteiger partial charge in [0.2, 0.25) is 0 Å². The summed E-state index contributed by atoms with van der Waals surface area (Å²) in [5, 5.41) is 8.16. The minimum absolute atomic E-state index is 0.175. The zero-order chi connectivity index (χ0) is 11.6. The normalized spacial score (nSPS) is 11.2. The SMILES string of the molecule is O=C(O)C(F)(F)Oc1ccc(Br)cc1I. The average molecular weight is 393 g/mol. The van der Waals surface area contributed by atoms with Gasteiger partial charge in [0.1, 0.15) is 5.75 Å². The molecule has 7 heteroatoms. The lowest BCUT2D eigenvalue weighted by Gasteiger charge is -2.14. The molecular formula is C8H4BrF2IO3. The molecule has 0 fully saturated rings. The Bertz CT molecular complexity index is 397. The summed E-state index contributed by atoms with van der Waals surface area (Å²) in [6.07, 6.45) is -4.21. The number of carboxylic acid groups (broad SMARTS) is 1. The molecule has 0 heterocycles. The molecule has 1 aromatic carbocycles. The molecule has 3 nitrogen and oxygen atoms in total. The lowest BCUT2D eigenvalue weighted by atomic mass is 10.3. The van der Waals surface area contributed by atoms with Crippen molar-refractivity contribution in [3.05, 3.63) is 26.2 Å². The minimum Gasteiger partial charge on any atom is -0.474 e. The zero-order valence-electron chi connectivity index (χ0n) is 7.01. The molecule has 0 saturated carbocycles. The molecule has 0 bridgehead atoms. The van der Waals surface area contributed by atoms with Crippen LogP contribution in [-0.2, 0) is 4.79 Å². The number of benzene rings is 1. The molecule has 0 unspecified atom stereocenters. The fourth-order valence-electron chi connectivity index (χ4n) is 0.740. The van der Waals surface area contributed by atoms with Crippen molar-refractivity contribution in [1.29, 1.82) is 0 Å². The summed E-state index contributed by atoms with van der Waals surface area (Å²) < 4.78 is 30.5. The molecule has 0 aliphatic heterocycles. The van der Waals surface area contributed by atoms with Crippen LogP contribution < -0.4 is 4.74 Å². The van der Waals surface area contributed by atoms with E-state index in [9.17, 15) is 13.6 Å². The highest BCUT2D eigenvalue weighted by Crippen LogP contribution is 2.29. The molecule has 1 rings (SSSR count). The highest BCUT2D eigenvalue weighted by Gasteiger charge is 2.42. The number of hydrogen-bond donors (Lipinski definition) is 1. The van der Waals surface area contributed by atoms with Gasteiger partial charge in [-0.1, -0.05) is 15.9 Å². The van der Waals surface area contributed by atoms with Crippen LogP contribution in [0.1, 0.15) is 0 Å². The highest BCUT2D eigenvalue weighted by atomic mass is 127. The van der Waals surface area contributed by atoms with E-state index in [1.807, 2.05) is 0 Å². The lowest BCUT2D eigenvalue weighted by molar-refractivity contribution is -0.211. The first kappa shape index (κ1) is 12.6. The first-order valence-electron chi connectivity index (χ1n) is 3.58. The Labute approximate surface area is 106 Å². The van der Waals surface area contributed by atoms with Crippen LogP contribution in [0, 0.1) is 3.57 Å². The monoisotopic (exact) mass is 392 g/mol. The molecule has 0 atom stereocenters. The number of alkyl halides is 2. The third-order valence-corrected chi connectivity index (χ3v) is 2.72. The summed E-state index contributed by atoms with van der Waals surface area (Å²) in [6, 6.07) is 4.28. The largest absolute Gasteiger partial charge is 0.501 e. The number of carboxylic acids is 1. The van der Waals surface area contributed by atoms with Crippen molar-refractivity contribution >= 4 is 44.5 Å². The van der Waals surface area contributed by atoms with Crippen molar-refractivity contribution in [3.8, 4) is 5.75 Å². The maximum atomic E-state index is 12.7. The molecule has 82 valence electrons. The molecule has 1 aromatic rings. The fourth-order valence-corrected chi connectivity index (χ4v) is 2.15. The Hall–Kier alpha value is -0.440. The second-order valence-corrected chi connectivity index (χ2v) is 4.58. The predicted molar refractivity (Wildman–Crippen MR) is 60.1 cm³/mol. The van der Waals surface area contributed by atoms with Gasteiger partial charge in [-0.05, 0) is 40.8 Å². The molecular weight excluding hydrogens is 389 g/mol. The van der Waals surface area contributed by atoms with Crippen molar-refractivity contribution in [2.24, 2.45) is 0 Å². The minimum atomic E-state index is -4.21. The van der Waals surface area contributed by atoms with E-state index in [2.05, 4.69) is 20.7 Å². The maximum absolute atomic E-state index is 12.7. The molecule has 0 saturated heterocycles. The Morgan fingerprint density at radius 2 is 2.13 bits per heavy atom. The Kier molecular flexibility index (Phi) is 3.87. The molecule has 0 aromatic heterocycles. The number of hydrogen-bond acceptors (Lipinski definition) is 2. The van der Waals surface area contributed by atoms with Crippen molar-refractivity contribution in [2.75, 3.05) is 0 Å². The van der Waals surface area contributed by atoms with E-state index in [1.54, 1.807) is 22.6 Å². The molecule has 15 heavy (non-hydrogen) atoms. The molecule has 0 aliphatic rings. The summed E-state index contributed by atoms with van der Waals surface area (Å²) in [5.74, 6) is -2.49. The quantitative estimate of drug-likeness (QED) is 0.804. The first-order valence-corrected chi connectivity index (χ1v) is 5.45. The van der Waals surface area contributed by atoms with Crippen LogP contribution in [0.25, 0.3) is 0 Å². The third kappa shape index (κ3) is 3.26. The molecule has 1 N–H and O–H groups in total. The third-order valence-electron chi connectivity index (χ3n) is 1.38. The summed E-state index contributed by atoms with van der Waals surface area (Å²) in [7, 11) is 0. The number of aliphatic carboxylic acids is 1. The van der Waals surface area contributed by atoms with Gasteiger partial charge in [-0.2, -0.15) is 8.78 Å². The van der Waals surface area contributed by atoms with Gasteiger partial charge in [0.25, 0.3) is 0 Å². The first-order chi connectivity index (χ1) is 6.83. The van der Waals surface area contributed by atoms with Crippen LogP contribution in [0.4, 0.5) is 8.78 Å². The Balaban J connectivity index is 2.95. The van der Waals surface area contributed by atoms with Crippen LogP contribution >= 0.6 is 38.5 Å². The summed E-state index contributed by atoms with van der Waals surface area (Å²) in [5.41, 5.74) is 0. The second-order valence-electron chi connectivity index (χ2n) is 2.50.